The number of nitrogens with one attached hydrogen (secondary N) is 2. The number of nitrogens with zero attached hydrogens (tertiary/aromatic N) is 2. The predicted octanol–water partition coefficient (Wildman–Crippen LogP) is -0.480. The van der Waals surface area contributed by atoms with Gasteiger partial charge in [-0.15, -0.1) is 0 Å². The van der Waals surface area contributed by atoms with Crippen molar-refractivity contribution < 1.29 is 19.1 Å². The van der Waals surface area contributed by atoms with Crippen LogP contribution in [-0.2, 0) is 9.47 Å². The van der Waals surface area contributed by atoms with Crippen molar-refractivity contribution in [2.45, 2.75) is 0 Å². The van der Waals surface area contributed by atoms with Crippen molar-refractivity contribution in [1.29, 1.82) is 0 Å². The van der Waals surface area contributed by atoms with Crippen LogP contribution in [0.5, 0.6) is 0 Å². The Bertz CT molecular complexity index is 547. The standard InChI is InChI=1S/C16H24N4O4/c1-23-10-6-18-16(22)14-4-2-3-13(19-14)15(21)17-5-7-20-8-11-24-12-9-20/h2-4H,5-12H2,1H3,(H,17,21)(H,18,22). The third-order valence-electron chi connectivity index (χ3n) is 3.62. The zero-order valence-corrected chi connectivity index (χ0v) is 13.9. The molecule has 2 amide bonds. The lowest BCUT2D eigenvalue weighted by Gasteiger charge is -2.26. The molecule has 2 rings (SSSR count). The number of carbonyl (C=O) groups is 2. The Morgan fingerprint density at radius 2 is 1.79 bits per heavy atom. The van der Waals surface area contributed by atoms with Gasteiger partial charge in [0, 0.05) is 39.8 Å². The maximum Gasteiger partial charge on any atom is 0.269 e. The number of pyridine rings is 1. The van der Waals surface area contributed by atoms with Crippen LogP contribution in [0.15, 0.2) is 18.2 Å². The van der Waals surface area contributed by atoms with Gasteiger partial charge in [-0.1, -0.05) is 6.07 Å². The number of hydrogen-bond donors (Lipinski definition) is 2. The molecule has 0 aliphatic carbocycles. The van der Waals surface area contributed by atoms with Crippen molar-refractivity contribution in [2.24, 2.45) is 0 Å². The second-order valence-electron chi connectivity index (χ2n) is 5.37. The van der Waals surface area contributed by atoms with Crippen molar-refractivity contribution >= 4 is 11.8 Å². The van der Waals surface area contributed by atoms with Crippen LogP contribution >= 0.6 is 0 Å². The molecule has 1 saturated heterocycles. The van der Waals surface area contributed by atoms with Gasteiger partial charge in [-0.05, 0) is 12.1 Å². The van der Waals surface area contributed by atoms with E-state index < -0.39 is 0 Å². The lowest BCUT2D eigenvalue weighted by molar-refractivity contribution is 0.0383. The summed E-state index contributed by atoms with van der Waals surface area (Å²) < 4.78 is 10.2. The van der Waals surface area contributed by atoms with Crippen molar-refractivity contribution in [2.75, 3.05) is 59.7 Å². The van der Waals surface area contributed by atoms with Crippen LogP contribution in [0.2, 0.25) is 0 Å². The van der Waals surface area contributed by atoms with Gasteiger partial charge in [0.2, 0.25) is 0 Å². The van der Waals surface area contributed by atoms with Gasteiger partial charge in [0.1, 0.15) is 11.4 Å². The molecule has 8 heteroatoms. The highest BCUT2D eigenvalue weighted by Gasteiger charge is 2.13. The quantitative estimate of drug-likeness (QED) is 0.623. The third-order valence-corrected chi connectivity index (χ3v) is 3.62. The van der Waals surface area contributed by atoms with Crippen molar-refractivity contribution in [1.82, 2.24) is 20.5 Å². The fraction of sp³-hybridized carbons (Fsp3) is 0.562. The number of rotatable bonds is 8. The van der Waals surface area contributed by atoms with Gasteiger partial charge < -0.3 is 20.1 Å². The lowest BCUT2D eigenvalue weighted by Crippen LogP contribution is -2.41. The zero-order valence-electron chi connectivity index (χ0n) is 13.9. The van der Waals surface area contributed by atoms with E-state index in [1.54, 1.807) is 25.3 Å². The summed E-state index contributed by atoms with van der Waals surface area (Å²) in [4.78, 5) is 30.4. The van der Waals surface area contributed by atoms with Crippen molar-refractivity contribution in [3.8, 4) is 0 Å². The van der Waals surface area contributed by atoms with Gasteiger partial charge in [-0.2, -0.15) is 0 Å². The molecule has 0 spiro atoms. The van der Waals surface area contributed by atoms with Crippen LogP contribution in [0.3, 0.4) is 0 Å². The van der Waals surface area contributed by atoms with Crippen molar-refractivity contribution in [3.63, 3.8) is 0 Å². The summed E-state index contributed by atoms with van der Waals surface area (Å²) in [7, 11) is 1.56. The second kappa shape index (κ2) is 9.96. The van der Waals surface area contributed by atoms with E-state index in [9.17, 15) is 9.59 Å². The SMILES string of the molecule is COCCNC(=O)c1cccc(C(=O)NCCN2CCOCC2)n1. The highest BCUT2D eigenvalue weighted by atomic mass is 16.5. The van der Waals surface area contributed by atoms with Crippen LogP contribution in [0.1, 0.15) is 21.0 Å². The smallest absolute Gasteiger partial charge is 0.269 e. The van der Waals surface area contributed by atoms with Gasteiger partial charge in [0.15, 0.2) is 0 Å². The molecule has 2 N–H and O–H groups in total. The average Bonchev–Trinajstić information content (AvgIpc) is 2.63. The highest BCUT2D eigenvalue weighted by Crippen LogP contribution is 2.00. The van der Waals surface area contributed by atoms with Crippen molar-refractivity contribution in [3.05, 3.63) is 29.6 Å². The van der Waals surface area contributed by atoms with Crippen LogP contribution < -0.4 is 10.6 Å². The van der Waals surface area contributed by atoms with Gasteiger partial charge in [0.05, 0.1) is 19.8 Å². The van der Waals surface area contributed by atoms with E-state index in [1.807, 2.05) is 0 Å². The number of methoxy groups -OCH3 is 1. The minimum Gasteiger partial charge on any atom is -0.383 e. The van der Waals surface area contributed by atoms with Gasteiger partial charge in [-0.3, -0.25) is 14.5 Å². The Labute approximate surface area is 141 Å². The summed E-state index contributed by atoms with van der Waals surface area (Å²) in [5.41, 5.74) is 0.448. The Morgan fingerprint density at radius 1 is 1.17 bits per heavy atom. The molecule has 1 aromatic heterocycles. The number of amides is 2. The molecular weight excluding hydrogens is 312 g/mol. The fourth-order valence-electron chi connectivity index (χ4n) is 2.29. The maximum absolute atomic E-state index is 12.2. The van der Waals surface area contributed by atoms with E-state index >= 15 is 0 Å². The van der Waals surface area contributed by atoms with E-state index in [0.29, 0.717) is 19.7 Å². The summed E-state index contributed by atoms with van der Waals surface area (Å²) in [5.74, 6) is -0.607. The Kier molecular flexibility index (Phi) is 7.60. The predicted molar refractivity (Wildman–Crippen MR) is 88.0 cm³/mol. The maximum atomic E-state index is 12.2. The van der Waals surface area contributed by atoms with Gasteiger partial charge in [-0.25, -0.2) is 4.98 Å². The van der Waals surface area contributed by atoms with Crippen LogP contribution in [-0.4, -0.2) is 81.4 Å². The molecule has 1 fully saturated rings. The summed E-state index contributed by atoms with van der Waals surface area (Å²) >= 11 is 0. The summed E-state index contributed by atoms with van der Waals surface area (Å²) in [6.07, 6.45) is 0. The number of ether oxygens (including phenoxy) is 2. The first kappa shape index (κ1) is 18.3. The normalized spacial score (nSPS) is 15.0. The molecule has 24 heavy (non-hydrogen) atoms. The van der Waals surface area contributed by atoms with Crippen LogP contribution in [0.25, 0.3) is 0 Å². The molecule has 132 valence electrons. The fourth-order valence-corrected chi connectivity index (χ4v) is 2.29. The molecule has 0 atom stereocenters. The molecule has 0 radical (unpaired) electrons. The molecule has 0 aromatic carbocycles. The summed E-state index contributed by atoms with van der Waals surface area (Å²) in [6, 6.07) is 4.82. The third kappa shape index (κ3) is 5.88. The van der Waals surface area contributed by atoms with Crippen LogP contribution in [0.4, 0.5) is 0 Å². The Hall–Kier alpha value is -2.03. The molecule has 0 saturated carbocycles. The van der Waals surface area contributed by atoms with E-state index in [4.69, 9.17) is 9.47 Å². The van der Waals surface area contributed by atoms with E-state index in [2.05, 4.69) is 20.5 Å². The minimum absolute atomic E-state index is 0.215. The monoisotopic (exact) mass is 336 g/mol. The number of hydrogen-bond acceptors (Lipinski definition) is 6. The Morgan fingerprint density at radius 3 is 2.42 bits per heavy atom. The summed E-state index contributed by atoms with van der Waals surface area (Å²) in [5, 5.41) is 5.50. The van der Waals surface area contributed by atoms with Gasteiger partial charge >= 0.3 is 0 Å². The van der Waals surface area contributed by atoms with Crippen LogP contribution in [0, 0.1) is 0 Å². The molecule has 0 unspecified atom stereocenters. The first-order valence-electron chi connectivity index (χ1n) is 8.03. The van der Waals surface area contributed by atoms with E-state index in [0.717, 1.165) is 32.8 Å². The first-order valence-corrected chi connectivity index (χ1v) is 8.03. The molecule has 1 aliphatic rings. The first-order chi connectivity index (χ1) is 11.7. The van der Waals surface area contributed by atoms with E-state index in [1.165, 1.54) is 0 Å². The molecular formula is C16H24N4O4. The molecule has 1 aliphatic heterocycles. The second-order valence-corrected chi connectivity index (χ2v) is 5.37. The van der Waals surface area contributed by atoms with Gasteiger partial charge in [0.25, 0.3) is 11.8 Å². The Balaban J connectivity index is 1.80. The zero-order chi connectivity index (χ0) is 17.2. The van der Waals surface area contributed by atoms with E-state index in [-0.39, 0.29) is 23.2 Å². The number of carbonyl (C=O) groups excluding carboxylic acids is 2. The highest BCUT2D eigenvalue weighted by molar-refractivity contribution is 5.96. The number of aromatic nitrogens is 1. The minimum atomic E-state index is -0.324. The topological polar surface area (TPSA) is 92.8 Å². The molecule has 8 nitrogen and oxygen atoms in total. The molecule has 1 aromatic rings. The largest absolute Gasteiger partial charge is 0.383 e. The molecule has 2 heterocycles. The lowest BCUT2D eigenvalue weighted by atomic mass is 10.2. The molecule has 0 bridgehead atoms. The average molecular weight is 336 g/mol. The summed E-state index contributed by atoms with van der Waals surface area (Å²) in [6.45, 7) is 5.35. The number of morpholine rings is 1.